The van der Waals surface area contributed by atoms with Crippen molar-refractivity contribution in [2.75, 3.05) is 6.54 Å². The summed E-state index contributed by atoms with van der Waals surface area (Å²) in [6.07, 6.45) is -9.34. The third-order valence-corrected chi connectivity index (χ3v) is 3.36. The number of benzene rings is 1. The van der Waals surface area contributed by atoms with E-state index in [9.17, 15) is 26.3 Å². The largest absolute Gasteiger partial charge is 0.573 e. The van der Waals surface area contributed by atoms with Crippen LogP contribution in [0.1, 0.15) is 24.4 Å². The van der Waals surface area contributed by atoms with Crippen molar-refractivity contribution < 1.29 is 31.1 Å². The molecule has 2 unspecified atom stereocenters. The van der Waals surface area contributed by atoms with E-state index in [4.69, 9.17) is 0 Å². The fraction of sp³-hybridized carbons (Fsp3) is 0.538. The first-order valence-corrected chi connectivity index (χ1v) is 6.31. The zero-order valence-electron chi connectivity index (χ0n) is 10.8. The molecule has 0 aromatic heterocycles. The minimum Gasteiger partial charge on any atom is -0.406 e. The predicted octanol–water partition coefficient (Wildman–Crippen LogP) is 4.19. The van der Waals surface area contributed by atoms with E-state index in [1.807, 2.05) is 0 Å². The number of ether oxygens (including phenoxy) is 1. The van der Waals surface area contributed by atoms with E-state index in [1.54, 1.807) is 0 Å². The normalized spacial score (nSPS) is 23.9. The van der Waals surface area contributed by atoms with Gasteiger partial charge in [0.15, 0.2) is 0 Å². The lowest BCUT2D eigenvalue weighted by atomic mass is 9.88. The van der Waals surface area contributed by atoms with Crippen LogP contribution in [0.4, 0.5) is 26.3 Å². The molecule has 1 heterocycles. The van der Waals surface area contributed by atoms with Crippen molar-refractivity contribution in [1.82, 2.24) is 5.32 Å². The highest BCUT2D eigenvalue weighted by atomic mass is 19.4. The van der Waals surface area contributed by atoms with Gasteiger partial charge in [0.25, 0.3) is 0 Å². The molecule has 21 heavy (non-hydrogen) atoms. The molecule has 0 bridgehead atoms. The number of piperidine rings is 1. The summed E-state index contributed by atoms with van der Waals surface area (Å²) in [5, 5.41) is 2.89. The topological polar surface area (TPSA) is 21.3 Å². The molecule has 0 spiro atoms. The van der Waals surface area contributed by atoms with Gasteiger partial charge < -0.3 is 10.1 Å². The van der Waals surface area contributed by atoms with Crippen LogP contribution in [0.3, 0.4) is 0 Å². The molecule has 0 radical (unpaired) electrons. The van der Waals surface area contributed by atoms with Crippen molar-refractivity contribution in [3.05, 3.63) is 29.8 Å². The summed E-state index contributed by atoms with van der Waals surface area (Å²) in [7, 11) is 0. The van der Waals surface area contributed by atoms with Crippen molar-refractivity contribution in [1.29, 1.82) is 0 Å². The molecule has 1 aromatic carbocycles. The monoisotopic (exact) mass is 313 g/mol. The van der Waals surface area contributed by atoms with Gasteiger partial charge in [-0.1, -0.05) is 12.1 Å². The number of nitrogens with one attached hydrogen (secondary N) is 1. The van der Waals surface area contributed by atoms with E-state index in [0.29, 0.717) is 5.56 Å². The molecule has 0 amide bonds. The Kier molecular flexibility index (Phi) is 4.36. The quantitative estimate of drug-likeness (QED) is 0.827. The molecule has 2 atom stereocenters. The second-order valence-corrected chi connectivity index (χ2v) is 4.89. The Hall–Kier alpha value is -1.44. The Morgan fingerprint density at radius 3 is 2.43 bits per heavy atom. The Morgan fingerprint density at radius 2 is 1.81 bits per heavy atom. The average Bonchev–Trinajstić information content (AvgIpc) is 2.36. The molecule has 1 aromatic rings. The molecule has 2 rings (SSSR count). The highest BCUT2D eigenvalue weighted by Crippen LogP contribution is 2.38. The number of alkyl halides is 6. The molecule has 1 saturated heterocycles. The molecule has 118 valence electrons. The fourth-order valence-corrected chi connectivity index (χ4v) is 2.40. The second kappa shape index (κ2) is 5.75. The molecule has 0 saturated carbocycles. The van der Waals surface area contributed by atoms with Gasteiger partial charge in [-0.3, -0.25) is 0 Å². The van der Waals surface area contributed by atoms with Crippen LogP contribution in [0.2, 0.25) is 0 Å². The van der Waals surface area contributed by atoms with E-state index in [0.717, 1.165) is 12.1 Å². The fourth-order valence-electron chi connectivity index (χ4n) is 2.40. The maximum atomic E-state index is 12.7. The summed E-state index contributed by atoms with van der Waals surface area (Å²) < 4.78 is 78.4. The van der Waals surface area contributed by atoms with Crippen LogP contribution in [-0.4, -0.2) is 19.1 Å². The zero-order chi connectivity index (χ0) is 15.7. The van der Waals surface area contributed by atoms with Crippen molar-refractivity contribution in [2.45, 2.75) is 31.4 Å². The standard InChI is InChI=1S/C13H13F6NO/c14-12(15,16)9-4-5-20-11(7-9)8-2-1-3-10(6-8)21-13(17,18)19/h1-3,6,9,11,20H,4-5,7H2. The molecular formula is C13H13F6NO. The number of rotatable bonds is 2. The molecular weight excluding hydrogens is 300 g/mol. The maximum Gasteiger partial charge on any atom is 0.573 e. The highest BCUT2D eigenvalue weighted by Gasteiger charge is 2.42. The molecule has 2 nitrogen and oxygen atoms in total. The van der Waals surface area contributed by atoms with Gasteiger partial charge in [0.2, 0.25) is 0 Å². The van der Waals surface area contributed by atoms with Gasteiger partial charge in [0, 0.05) is 6.04 Å². The van der Waals surface area contributed by atoms with E-state index >= 15 is 0 Å². The van der Waals surface area contributed by atoms with Gasteiger partial charge in [-0.05, 0) is 37.1 Å². The van der Waals surface area contributed by atoms with Crippen LogP contribution in [0.15, 0.2) is 24.3 Å². The Labute approximate surface area is 117 Å². The van der Waals surface area contributed by atoms with Gasteiger partial charge in [0.05, 0.1) is 5.92 Å². The van der Waals surface area contributed by atoms with Gasteiger partial charge >= 0.3 is 12.5 Å². The maximum absolute atomic E-state index is 12.7. The van der Waals surface area contributed by atoms with E-state index in [1.165, 1.54) is 12.1 Å². The summed E-state index contributed by atoms with van der Waals surface area (Å²) in [4.78, 5) is 0. The van der Waals surface area contributed by atoms with Crippen molar-refractivity contribution >= 4 is 0 Å². The van der Waals surface area contributed by atoms with E-state index < -0.39 is 30.2 Å². The van der Waals surface area contributed by atoms with Crippen molar-refractivity contribution in [3.8, 4) is 5.75 Å². The number of halogens is 6. The predicted molar refractivity (Wildman–Crippen MR) is 62.6 cm³/mol. The summed E-state index contributed by atoms with van der Waals surface area (Å²) in [6.45, 7) is 0.166. The second-order valence-electron chi connectivity index (χ2n) is 4.89. The summed E-state index contributed by atoms with van der Waals surface area (Å²) in [5.41, 5.74) is 0.353. The SMILES string of the molecule is FC(F)(F)Oc1cccc(C2CC(C(F)(F)F)CCN2)c1. The summed E-state index contributed by atoms with van der Waals surface area (Å²) in [6, 6.07) is 4.40. The van der Waals surface area contributed by atoms with Gasteiger partial charge in [0.1, 0.15) is 5.75 Å². The van der Waals surface area contributed by atoms with Crippen molar-refractivity contribution in [2.24, 2.45) is 5.92 Å². The van der Waals surface area contributed by atoms with Gasteiger partial charge in [-0.2, -0.15) is 13.2 Å². The summed E-state index contributed by atoms with van der Waals surface area (Å²) >= 11 is 0. The molecule has 1 fully saturated rings. The minimum atomic E-state index is -4.83. The van der Waals surface area contributed by atoms with Crippen LogP contribution < -0.4 is 10.1 Å². The zero-order valence-corrected chi connectivity index (χ0v) is 10.8. The van der Waals surface area contributed by atoms with Gasteiger partial charge in [-0.15, -0.1) is 13.2 Å². The van der Waals surface area contributed by atoms with Crippen LogP contribution in [0, 0.1) is 5.92 Å². The highest BCUT2D eigenvalue weighted by molar-refractivity contribution is 5.31. The molecule has 8 heteroatoms. The van der Waals surface area contributed by atoms with Crippen LogP contribution in [0.5, 0.6) is 5.75 Å². The first-order valence-electron chi connectivity index (χ1n) is 6.31. The van der Waals surface area contributed by atoms with Crippen LogP contribution in [0.25, 0.3) is 0 Å². The third-order valence-electron chi connectivity index (χ3n) is 3.36. The lowest BCUT2D eigenvalue weighted by molar-refractivity contribution is -0.274. The molecule has 1 aliphatic rings. The van der Waals surface area contributed by atoms with Crippen LogP contribution in [-0.2, 0) is 0 Å². The first kappa shape index (κ1) is 15.9. The van der Waals surface area contributed by atoms with Crippen molar-refractivity contribution in [3.63, 3.8) is 0 Å². The minimum absolute atomic E-state index is 0.0290. The number of hydrogen-bond donors (Lipinski definition) is 1. The summed E-state index contributed by atoms with van der Waals surface area (Å²) in [5.74, 6) is -1.88. The van der Waals surface area contributed by atoms with Gasteiger partial charge in [-0.25, -0.2) is 0 Å². The molecule has 1 aliphatic heterocycles. The molecule has 1 N–H and O–H groups in total. The van der Waals surface area contributed by atoms with E-state index in [2.05, 4.69) is 10.1 Å². The Morgan fingerprint density at radius 1 is 1.10 bits per heavy atom. The Balaban J connectivity index is 2.12. The Bertz CT molecular complexity index is 484. The van der Waals surface area contributed by atoms with Crippen LogP contribution >= 0.6 is 0 Å². The first-order chi connectivity index (χ1) is 9.65. The lowest BCUT2D eigenvalue weighted by Crippen LogP contribution is -2.38. The third kappa shape index (κ3) is 4.52. The molecule has 0 aliphatic carbocycles. The number of hydrogen-bond acceptors (Lipinski definition) is 2. The average molecular weight is 313 g/mol. The lowest BCUT2D eigenvalue weighted by Gasteiger charge is -2.32. The smallest absolute Gasteiger partial charge is 0.406 e. The van der Waals surface area contributed by atoms with E-state index in [-0.39, 0.29) is 19.4 Å².